The quantitative estimate of drug-likeness (QED) is 0.576. The number of hydrogen-bond acceptors (Lipinski definition) is 6. The Balaban J connectivity index is 1.33. The lowest BCUT2D eigenvalue weighted by Gasteiger charge is -2.23. The van der Waals surface area contributed by atoms with Crippen LogP contribution < -0.4 is 10.6 Å². The summed E-state index contributed by atoms with van der Waals surface area (Å²) in [5.41, 5.74) is 0.611. The van der Waals surface area contributed by atoms with Gasteiger partial charge < -0.3 is 15.5 Å². The van der Waals surface area contributed by atoms with Crippen LogP contribution in [-0.2, 0) is 11.2 Å². The SMILES string of the molecule is C[C@H](CCNC(=O)CCCc1nnc(C(=O)Nc2cccc(Cl)c2)s1)N1CCCC1. The Kier molecular flexibility index (Phi) is 8.60. The zero-order chi connectivity index (χ0) is 21.3. The summed E-state index contributed by atoms with van der Waals surface area (Å²) >= 11 is 7.17. The molecule has 7 nitrogen and oxygen atoms in total. The molecule has 1 aromatic heterocycles. The maximum Gasteiger partial charge on any atom is 0.286 e. The number of nitrogens with zero attached hydrogens (tertiary/aromatic N) is 3. The summed E-state index contributed by atoms with van der Waals surface area (Å²) in [5.74, 6) is -0.252. The largest absolute Gasteiger partial charge is 0.356 e. The minimum absolute atomic E-state index is 0.0621. The number of amides is 2. The number of likely N-dealkylation sites (tertiary alicyclic amines) is 1. The highest BCUT2D eigenvalue weighted by atomic mass is 35.5. The molecule has 2 N–H and O–H groups in total. The third-order valence-electron chi connectivity index (χ3n) is 5.19. The molecule has 0 bridgehead atoms. The highest BCUT2D eigenvalue weighted by Crippen LogP contribution is 2.18. The lowest BCUT2D eigenvalue weighted by atomic mass is 10.2. The fourth-order valence-corrected chi connectivity index (χ4v) is 4.44. The number of rotatable bonds is 10. The Labute approximate surface area is 186 Å². The number of halogens is 1. The van der Waals surface area contributed by atoms with Crippen molar-refractivity contribution in [1.29, 1.82) is 0 Å². The molecule has 1 aromatic carbocycles. The summed E-state index contributed by atoms with van der Waals surface area (Å²) in [5, 5.41) is 15.4. The summed E-state index contributed by atoms with van der Waals surface area (Å²) in [6.45, 7) is 5.29. The average molecular weight is 450 g/mol. The van der Waals surface area contributed by atoms with Crippen molar-refractivity contribution in [3.8, 4) is 0 Å². The van der Waals surface area contributed by atoms with Crippen LogP contribution in [0, 0.1) is 0 Å². The van der Waals surface area contributed by atoms with E-state index in [1.165, 1.54) is 37.3 Å². The Hall–Kier alpha value is -2.03. The van der Waals surface area contributed by atoms with Crippen LogP contribution in [0.1, 0.15) is 53.8 Å². The van der Waals surface area contributed by atoms with E-state index in [4.69, 9.17) is 11.6 Å². The minimum Gasteiger partial charge on any atom is -0.356 e. The molecule has 0 unspecified atom stereocenters. The molecule has 0 aliphatic carbocycles. The zero-order valence-electron chi connectivity index (χ0n) is 17.2. The van der Waals surface area contributed by atoms with Crippen molar-refractivity contribution < 1.29 is 9.59 Å². The summed E-state index contributed by atoms with van der Waals surface area (Å²) < 4.78 is 0. The van der Waals surface area contributed by atoms with Crippen molar-refractivity contribution in [2.24, 2.45) is 0 Å². The molecule has 1 saturated heterocycles. The second-order valence-corrected chi connectivity index (χ2v) is 9.05. The van der Waals surface area contributed by atoms with Crippen molar-refractivity contribution in [3.63, 3.8) is 0 Å². The lowest BCUT2D eigenvalue weighted by molar-refractivity contribution is -0.121. The smallest absolute Gasteiger partial charge is 0.286 e. The Morgan fingerprint density at radius 3 is 2.83 bits per heavy atom. The summed E-state index contributed by atoms with van der Waals surface area (Å²) in [4.78, 5) is 26.8. The molecule has 2 aromatic rings. The van der Waals surface area contributed by atoms with Crippen LogP contribution in [0.25, 0.3) is 0 Å². The van der Waals surface area contributed by atoms with E-state index in [2.05, 4.69) is 32.7 Å². The van der Waals surface area contributed by atoms with Crippen LogP contribution in [0.4, 0.5) is 5.69 Å². The summed E-state index contributed by atoms with van der Waals surface area (Å²) in [6.07, 6.45) is 5.30. The van der Waals surface area contributed by atoms with Crippen LogP contribution in [0.3, 0.4) is 0 Å². The van der Waals surface area contributed by atoms with E-state index in [1.54, 1.807) is 24.3 Å². The van der Waals surface area contributed by atoms with Crippen molar-refractivity contribution in [3.05, 3.63) is 39.3 Å². The monoisotopic (exact) mass is 449 g/mol. The number of anilines is 1. The topological polar surface area (TPSA) is 87.2 Å². The normalized spacial score (nSPS) is 15.1. The molecule has 30 heavy (non-hydrogen) atoms. The molecular formula is C21H28ClN5O2S. The van der Waals surface area contributed by atoms with Crippen LogP contribution in [0.15, 0.2) is 24.3 Å². The van der Waals surface area contributed by atoms with Gasteiger partial charge in [-0.15, -0.1) is 10.2 Å². The Morgan fingerprint density at radius 2 is 2.07 bits per heavy atom. The first kappa shape index (κ1) is 22.7. The maximum atomic E-state index is 12.3. The number of hydrogen-bond donors (Lipinski definition) is 2. The third-order valence-corrected chi connectivity index (χ3v) is 6.40. The van der Waals surface area contributed by atoms with Gasteiger partial charge in [-0.05, 0) is 63.9 Å². The van der Waals surface area contributed by atoms with Gasteiger partial charge in [-0.1, -0.05) is 29.0 Å². The first-order valence-corrected chi connectivity index (χ1v) is 11.6. The van der Waals surface area contributed by atoms with Gasteiger partial charge >= 0.3 is 0 Å². The van der Waals surface area contributed by atoms with Gasteiger partial charge in [0.15, 0.2) is 0 Å². The highest BCUT2D eigenvalue weighted by Gasteiger charge is 2.18. The summed E-state index contributed by atoms with van der Waals surface area (Å²) in [7, 11) is 0. The Bertz CT molecular complexity index is 853. The molecule has 0 saturated carbocycles. The molecule has 2 amide bonds. The van der Waals surface area contributed by atoms with E-state index in [9.17, 15) is 9.59 Å². The zero-order valence-corrected chi connectivity index (χ0v) is 18.8. The van der Waals surface area contributed by atoms with E-state index >= 15 is 0 Å². The highest BCUT2D eigenvalue weighted by molar-refractivity contribution is 7.13. The van der Waals surface area contributed by atoms with Crippen LogP contribution in [-0.4, -0.2) is 52.6 Å². The van der Waals surface area contributed by atoms with Gasteiger partial charge in [-0.2, -0.15) is 0 Å². The van der Waals surface area contributed by atoms with Gasteiger partial charge in [0.1, 0.15) is 5.01 Å². The molecule has 1 atom stereocenters. The predicted octanol–water partition coefficient (Wildman–Crippen LogP) is 3.76. The van der Waals surface area contributed by atoms with Crippen molar-refractivity contribution in [2.75, 3.05) is 25.0 Å². The van der Waals surface area contributed by atoms with Gasteiger partial charge in [0.25, 0.3) is 5.91 Å². The van der Waals surface area contributed by atoms with Crippen molar-refractivity contribution in [1.82, 2.24) is 20.4 Å². The van der Waals surface area contributed by atoms with E-state index in [-0.39, 0.29) is 11.8 Å². The van der Waals surface area contributed by atoms with Gasteiger partial charge in [0, 0.05) is 36.1 Å². The molecule has 1 aliphatic heterocycles. The van der Waals surface area contributed by atoms with Gasteiger partial charge in [-0.25, -0.2) is 0 Å². The van der Waals surface area contributed by atoms with E-state index in [0.717, 1.165) is 11.4 Å². The molecule has 1 aliphatic rings. The van der Waals surface area contributed by atoms with Crippen LogP contribution in [0.2, 0.25) is 5.02 Å². The molecule has 2 heterocycles. The van der Waals surface area contributed by atoms with Crippen LogP contribution >= 0.6 is 22.9 Å². The predicted molar refractivity (Wildman–Crippen MR) is 120 cm³/mol. The van der Waals surface area contributed by atoms with Gasteiger partial charge in [-0.3, -0.25) is 9.59 Å². The third kappa shape index (κ3) is 7.04. The number of nitrogens with one attached hydrogen (secondary N) is 2. The standard InChI is InChI=1S/C21H28ClN5O2S/c1-15(27-12-2-3-13-27)10-11-23-18(28)8-5-9-19-25-26-21(30-19)20(29)24-17-7-4-6-16(22)14-17/h4,6-7,14-15H,2-3,5,8-13H2,1H3,(H,23,28)(H,24,29)/t15-/m1/s1. The second kappa shape index (κ2) is 11.4. The molecule has 0 spiro atoms. The molecule has 3 rings (SSSR count). The van der Waals surface area contributed by atoms with E-state index in [0.29, 0.717) is 47.6 Å². The Morgan fingerprint density at radius 1 is 1.27 bits per heavy atom. The average Bonchev–Trinajstić information content (AvgIpc) is 3.40. The van der Waals surface area contributed by atoms with Crippen LogP contribution in [0.5, 0.6) is 0 Å². The van der Waals surface area contributed by atoms with Crippen molar-refractivity contribution in [2.45, 2.75) is 51.5 Å². The molecule has 162 valence electrons. The first-order chi connectivity index (χ1) is 14.5. The van der Waals surface area contributed by atoms with Gasteiger partial charge in [0.05, 0.1) is 0 Å². The number of benzene rings is 1. The van der Waals surface area contributed by atoms with Gasteiger partial charge in [0.2, 0.25) is 10.9 Å². The second-order valence-electron chi connectivity index (χ2n) is 7.55. The first-order valence-electron chi connectivity index (χ1n) is 10.4. The molecule has 9 heteroatoms. The summed E-state index contributed by atoms with van der Waals surface area (Å²) in [6, 6.07) is 7.46. The molecule has 0 radical (unpaired) electrons. The fourth-order valence-electron chi connectivity index (χ4n) is 3.47. The fraction of sp³-hybridized carbons (Fsp3) is 0.524. The number of carbonyl (C=O) groups excluding carboxylic acids is 2. The lowest BCUT2D eigenvalue weighted by Crippen LogP contribution is -2.34. The number of carbonyl (C=O) groups is 2. The number of aromatic nitrogens is 2. The molecular weight excluding hydrogens is 422 g/mol. The molecule has 1 fully saturated rings. The van der Waals surface area contributed by atoms with E-state index in [1.807, 2.05) is 0 Å². The maximum absolute atomic E-state index is 12.3. The minimum atomic E-state index is -0.314. The van der Waals surface area contributed by atoms with Crippen molar-refractivity contribution >= 4 is 40.4 Å². The van der Waals surface area contributed by atoms with E-state index < -0.39 is 0 Å². The number of aryl methyl sites for hydroxylation is 1.